The summed E-state index contributed by atoms with van der Waals surface area (Å²) in [5.74, 6) is 0.223. The molecule has 1 aliphatic rings. The van der Waals surface area contributed by atoms with E-state index < -0.39 is 0 Å². The molecule has 1 saturated heterocycles. The molecule has 0 saturated carbocycles. The van der Waals surface area contributed by atoms with Gasteiger partial charge in [0.05, 0.1) is 11.7 Å². The fraction of sp³-hybridized carbons (Fsp3) is 0.444. The van der Waals surface area contributed by atoms with E-state index in [1.807, 2.05) is 18.3 Å². The Bertz CT molecular complexity index is 634. The van der Waals surface area contributed by atoms with E-state index in [0.717, 1.165) is 30.8 Å². The third-order valence-corrected chi connectivity index (χ3v) is 4.72. The van der Waals surface area contributed by atoms with Gasteiger partial charge >= 0.3 is 0 Å². The Morgan fingerprint density at radius 3 is 2.79 bits per heavy atom. The summed E-state index contributed by atoms with van der Waals surface area (Å²) in [5.41, 5.74) is 8.67. The minimum Gasteiger partial charge on any atom is -0.303 e. The molecule has 2 N–H and O–H groups in total. The Labute approximate surface area is 142 Å². The van der Waals surface area contributed by atoms with E-state index in [0.29, 0.717) is 12.0 Å². The van der Waals surface area contributed by atoms with Gasteiger partial charge in [-0.2, -0.15) is 0 Å². The van der Waals surface area contributed by atoms with Crippen LogP contribution in [0, 0.1) is 11.7 Å². The van der Waals surface area contributed by atoms with Crippen LogP contribution in [-0.2, 0) is 6.42 Å². The molecule has 6 heteroatoms. The van der Waals surface area contributed by atoms with E-state index in [9.17, 15) is 4.39 Å². The molecule has 3 atom stereocenters. The standard InChI is InChI=1S/C18H24FN5/c1-13(9-17-11-20-7-8-21-17)24(2)12-15-10-22-23-18(15)14-3-5-16(19)6-4-14/h3-8,11,13,15,18,22-23H,9-10,12H2,1-2H3. The third-order valence-electron chi connectivity index (χ3n) is 4.72. The lowest BCUT2D eigenvalue weighted by Gasteiger charge is -2.29. The van der Waals surface area contributed by atoms with E-state index >= 15 is 0 Å². The van der Waals surface area contributed by atoms with Crippen LogP contribution in [-0.4, -0.2) is 41.0 Å². The fourth-order valence-corrected chi connectivity index (χ4v) is 3.17. The highest BCUT2D eigenvalue weighted by Gasteiger charge is 2.30. The summed E-state index contributed by atoms with van der Waals surface area (Å²) in [7, 11) is 2.14. The summed E-state index contributed by atoms with van der Waals surface area (Å²) in [6, 6.07) is 7.32. The molecular formula is C18H24FN5. The second-order valence-electron chi connectivity index (χ2n) is 6.50. The average molecular weight is 329 g/mol. The number of nitrogens with one attached hydrogen (secondary N) is 2. The molecular weight excluding hydrogens is 305 g/mol. The first kappa shape index (κ1) is 17.0. The van der Waals surface area contributed by atoms with Gasteiger partial charge in [0.15, 0.2) is 0 Å². The quantitative estimate of drug-likeness (QED) is 0.848. The summed E-state index contributed by atoms with van der Waals surface area (Å²) >= 11 is 0. The smallest absolute Gasteiger partial charge is 0.123 e. The molecule has 1 aromatic carbocycles. The van der Waals surface area contributed by atoms with E-state index in [2.05, 4.69) is 39.7 Å². The van der Waals surface area contributed by atoms with Crippen molar-refractivity contribution < 1.29 is 4.39 Å². The topological polar surface area (TPSA) is 53.1 Å². The van der Waals surface area contributed by atoms with Crippen molar-refractivity contribution in [3.8, 4) is 0 Å². The van der Waals surface area contributed by atoms with Crippen LogP contribution in [0.2, 0.25) is 0 Å². The first-order chi connectivity index (χ1) is 11.6. The predicted octanol–water partition coefficient (Wildman–Crippen LogP) is 1.94. The molecule has 0 spiro atoms. The summed E-state index contributed by atoms with van der Waals surface area (Å²) in [4.78, 5) is 10.8. The molecule has 2 heterocycles. The highest BCUT2D eigenvalue weighted by Crippen LogP contribution is 2.26. The van der Waals surface area contributed by atoms with Crippen LogP contribution < -0.4 is 10.9 Å². The summed E-state index contributed by atoms with van der Waals surface area (Å²) < 4.78 is 13.1. The lowest BCUT2D eigenvalue weighted by atomic mass is 9.94. The van der Waals surface area contributed by atoms with Gasteiger partial charge in [0.25, 0.3) is 0 Å². The fourth-order valence-electron chi connectivity index (χ4n) is 3.17. The van der Waals surface area contributed by atoms with Gasteiger partial charge in [-0.15, -0.1) is 0 Å². The molecule has 1 fully saturated rings. The first-order valence-electron chi connectivity index (χ1n) is 8.32. The maximum absolute atomic E-state index is 13.1. The Balaban J connectivity index is 1.60. The number of halogens is 1. The maximum Gasteiger partial charge on any atom is 0.123 e. The van der Waals surface area contributed by atoms with Crippen molar-refractivity contribution in [3.63, 3.8) is 0 Å². The number of hydrazine groups is 1. The van der Waals surface area contributed by atoms with Crippen molar-refractivity contribution in [2.24, 2.45) is 5.92 Å². The highest BCUT2D eigenvalue weighted by molar-refractivity contribution is 5.21. The molecule has 5 nitrogen and oxygen atoms in total. The van der Waals surface area contributed by atoms with Gasteiger partial charge in [-0.25, -0.2) is 9.82 Å². The van der Waals surface area contributed by atoms with Crippen molar-refractivity contribution >= 4 is 0 Å². The molecule has 0 bridgehead atoms. The lowest BCUT2D eigenvalue weighted by molar-refractivity contribution is 0.211. The van der Waals surface area contributed by atoms with Crippen LogP contribution >= 0.6 is 0 Å². The van der Waals surface area contributed by atoms with Gasteiger partial charge < -0.3 is 4.90 Å². The highest BCUT2D eigenvalue weighted by atomic mass is 19.1. The van der Waals surface area contributed by atoms with Gasteiger partial charge in [-0.1, -0.05) is 12.1 Å². The molecule has 3 rings (SSSR count). The minimum absolute atomic E-state index is 0.191. The van der Waals surface area contributed by atoms with E-state index in [4.69, 9.17) is 0 Å². The van der Waals surface area contributed by atoms with E-state index in [1.165, 1.54) is 12.1 Å². The van der Waals surface area contributed by atoms with Crippen LogP contribution in [0.15, 0.2) is 42.9 Å². The maximum atomic E-state index is 13.1. The molecule has 3 unspecified atom stereocenters. The van der Waals surface area contributed by atoms with Crippen molar-refractivity contribution in [3.05, 3.63) is 59.9 Å². The van der Waals surface area contributed by atoms with Gasteiger partial charge in [-0.05, 0) is 31.7 Å². The predicted molar refractivity (Wildman–Crippen MR) is 91.6 cm³/mol. The van der Waals surface area contributed by atoms with Crippen molar-refractivity contribution in [1.29, 1.82) is 0 Å². The number of rotatable bonds is 6. The van der Waals surface area contributed by atoms with E-state index in [-0.39, 0.29) is 11.9 Å². The second-order valence-corrected chi connectivity index (χ2v) is 6.50. The van der Waals surface area contributed by atoms with Crippen LogP contribution in [0.3, 0.4) is 0 Å². The zero-order valence-electron chi connectivity index (χ0n) is 14.1. The number of nitrogens with zero attached hydrogens (tertiary/aromatic N) is 3. The molecule has 0 aliphatic carbocycles. The van der Waals surface area contributed by atoms with Crippen molar-refractivity contribution in [2.45, 2.75) is 25.4 Å². The number of benzene rings is 1. The van der Waals surface area contributed by atoms with E-state index in [1.54, 1.807) is 12.4 Å². The summed E-state index contributed by atoms with van der Waals surface area (Å²) in [6.07, 6.45) is 6.13. The molecule has 24 heavy (non-hydrogen) atoms. The zero-order chi connectivity index (χ0) is 16.9. The van der Waals surface area contributed by atoms with Gasteiger partial charge in [0, 0.05) is 50.1 Å². The molecule has 1 aromatic heterocycles. The monoisotopic (exact) mass is 329 g/mol. The molecule has 2 aromatic rings. The van der Waals surface area contributed by atoms with Crippen LogP contribution in [0.25, 0.3) is 0 Å². The number of likely N-dealkylation sites (N-methyl/N-ethyl adjacent to an activating group) is 1. The second kappa shape index (κ2) is 7.79. The number of hydrogen-bond acceptors (Lipinski definition) is 5. The van der Waals surface area contributed by atoms with Gasteiger partial charge in [-0.3, -0.25) is 15.4 Å². The van der Waals surface area contributed by atoms with Crippen LogP contribution in [0.5, 0.6) is 0 Å². The Hall–Kier alpha value is -1.89. The minimum atomic E-state index is -0.198. The Kier molecular flexibility index (Phi) is 5.50. The lowest BCUT2D eigenvalue weighted by Crippen LogP contribution is -2.37. The summed E-state index contributed by atoms with van der Waals surface area (Å²) in [5, 5.41) is 0. The Morgan fingerprint density at radius 2 is 2.08 bits per heavy atom. The SMILES string of the molecule is CC(Cc1cnccn1)N(C)CC1CNNC1c1ccc(F)cc1. The van der Waals surface area contributed by atoms with Crippen molar-refractivity contribution in [1.82, 2.24) is 25.7 Å². The third kappa shape index (κ3) is 4.14. The summed E-state index contributed by atoms with van der Waals surface area (Å²) in [6.45, 7) is 4.05. The Morgan fingerprint density at radius 1 is 1.29 bits per heavy atom. The van der Waals surface area contributed by atoms with Crippen LogP contribution in [0.1, 0.15) is 24.2 Å². The molecule has 0 amide bonds. The number of aromatic nitrogens is 2. The largest absolute Gasteiger partial charge is 0.303 e. The molecule has 1 aliphatic heterocycles. The number of hydrogen-bond donors (Lipinski definition) is 2. The first-order valence-corrected chi connectivity index (χ1v) is 8.32. The normalized spacial score (nSPS) is 22.0. The zero-order valence-corrected chi connectivity index (χ0v) is 14.1. The van der Waals surface area contributed by atoms with Crippen molar-refractivity contribution in [2.75, 3.05) is 20.1 Å². The van der Waals surface area contributed by atoms with Gasteiger partial charge in [0.1, 0.15) is 5.82 Å². The van der Waals surface area contributed by atoms with Gasteiger partial charge in [0.2, 0.25) is 0 Å². The molecule has 0 radical (unpaired) electrons. The molecule has 128 valence electrons. The average Bonchev–Trinajstić information content (AvgIpc) is 3.04. The van der Waals surface area contributed by atoms with Crippen LogP contribution in [0.4, 0.5) is 4.39 Å².